The second-order valence-corrected chi connectivity index (χ2v) is 13.2. The van der Waals surface area contributed by atoms with Gasteiger partial charge < -0.3 is 15.4 Å². The number of rotatable bonds is 6. The number of nitrogen functional groups attached to an aromatic ring is 1. The lowest BCUT2D eigenvalue weighted by molar-refractivity contribution is 0.135. The van der Waals surface area contributed by atoms with E-state index >= 15 is 4.39 Å². The molecule has 3 atom stereocenters. The van der Waals surface area contributed by atoms with Gasteiger partial charge in [-0.05, 0) is 28.9 Å². The first-order valence-corrected chi connectivity index (χ1v) is 19.1. The van der Waals surface area contributed by atoms with Crippen molar-refractivity contribution in [3.05, 3.63) is 40.7 Å². The van der Waals surface area contributed by atoms with Gasteiger partial charge >= 0.3 is 0 Å². The highest BCUT2D eigenvalue weighted by Gasteiger charge is 2.35. The van der Waals surface area contributed by atoms with E-state index in [1.165, 1.54) is 25.7 Å². The molecule has 7 nitrogen and oxygen atoms in total. The maximum absolute atomic E-state index is 16.5. The molecule has 10 heteroatoms. The van der Waals surface area contributed by atoms with E-state index in [2.05, 4.69) is 63.3 Å². The van der Waals surface area contributed by atoms with Crippen LogP contribution in [0.2, 0.25) is 0 Å². The standard InChI is InChI=1S/C27H26F2N6OS.2C4H10.2C2H6/c1-4-12(2)16-9-35(8-13(16)3)27-33-6-15-17-10-36-11-18(17)20(22(29)23(15)34-27)24-21-14(5-30)26(31)37-25(21)19(28)7-32-24;2*1-3-4-2;2*1-2/h6-7,12-13,16H,4,8-11,31H2,1-3H3;2*3-4H2,1-2H3;2*1-2H3. The molecular formula is C39H58F2N6OS. The van der Waals surface area contributed by atoms with Crippen molar-refractivity contribution in [1.82, 2.24) is 15.0 Å². The lowest BCUT2D eigenvalue weighted by atomic mass is 9.85. The molecule has 0 radical (unpaired) electrons. The normalized spacial score (nSPS) is 16.6. The summed E-state index contributed by atoms with van der Waals surface area (Å²) in [6.45, 7) is 25.5. The number of benzene rings is 1. The van der Waals surface area contributed by atoms with Gasteiger partial charge in [0.2, 0.25) is 5.95 Å². The molecule has 0 aliphatic carbocycles. The Morgan fingerprint density at radius 2 is 1.59 bits per heavy atom. The number of hydrogen-bond acceptors (Lipinski definition) is 8. The molecule has 5 heterocycles. The Morgan fingerprint density at radius 3 is 2.16 bits per heavy atom. The maximum atomic E-state index is 16.5. The third-order valence-corrected chi connectivity index (χ3v) is 10.1. The average molecular weight is 697 g/mol. The first-order chi connectivity index (χ1) is 23.7. The fourth-order valence-corrected chi connectivity index (χ4v) is 6.81. The number of nitriles is 1. The van der Waals surface area contributed by atoms with E-state index in [0.29, 0.717) is 34.7 Å². The van der Waals surface area contributed by atoms with Gasteiger partial charge in [-0.15, -0.1) is 11.3 Å². The van der Waals surface area contributed by atoms with Crippen LogP contribution in [-0.2, 0) is 18.0 Å². The van der Waals surface area contributed by atoms with Crippen LogP contribution in [0.15, 0.2) is 12.4 Å². The number of nitrogens with two attached hydrogens (primary N) is 1. The molecule has 2 aliphatic heterocycles. The molecule has 1 aromatic carbocycles. The van der Waals surface area contributed by atoms with Crippen LogP contribution in [0.1, 0.15) is 125 Å². The number of unbranched alkanes of at least 4 members (excludes halogenated alkanes) is 2. The summed E-state index contributed by atoms with van der Waals surface area (Å²) in [5.74, 6) is 0.876. The topological polar surface area (TPSA) is 101 Å². The molecule has 1 saturated heterocycles. The predicted octanol–water partition coefficient (Wildman–Crippen LogP) is 11.5. The SMILES string of the molecule is CC.CC.CCC(C)C1CN(c2ncc3c4c(c(-c5ncc(F)c6sc(N)c(C#N)c56)c(F)c3n2)COC4)CC1C.CCCC.CCCC. The Balaban J connectivity index is 0.000000613. The van der Waals surface area contributed by atoms with Crippen molar-refractivity contribution in [1.29, 1.82) is 5.26 Å². The zero-order valence-corrected chi connectivity index (χ0v) is 32.5. The van der Waals surface area contributed by atoms with Crippen LogP contribution >= 0.6 is 11.3 Å². The van der Waals surface area contributed by atoms with Crippen LogP contribution < -0.4 is 10.6 Å². The van der Waals surface area contributed by atoms with E-state index in [9.17, 15) is 9.65 Å². The lowest BCUT2D eigenvalue weighted by Gasteiger charge is -2.21. The third-order valence-electron chi connectivity index (χ3n) is 9.06. The summed E-state index contributed by atoms with van der Waals surface area (Å²) in [5.41, 5.74) is 8.04. The third kappa shape index (κ3) is 9.04. The Hall–Kier alpha value is -3.42. The van der Waals surface area contributed by atoms with Crippen LogP contribution in [0.5, 0.6) is 0 Å². The van der Waals surface area contributed by atoms with E-state index in [1.807, 2.05) is 33.8 Å². The van der Waals surface area contributed by atoms with Crippen molar-refractivity contribution in [2.24, 2.45) is 17.8 Å². The molecule has 270 valence electrons. The highest BCUT2D eigenvalue weighted by Crippen LogP contribution is 2.45. The smallest absolute Gasteiger partial charge is 0.225 e. The van der Waals surface area contributed by atoms with E-state index in [4.69, 9.17) is 15.5 Å². The number of nitrogens with zero attached hydrogens (tertiary/aromatic N) is 5. The van der Waals surface area contributed by atoms with Crippen molar-refractivity contribution in [3.8, 4) is 17.3 Å². The second kappa shape index (κ2) is 20.3. The Labute approximate surface area is 297 Å². The number of aromatic nitrogens is 3. The summed E-state index contributed by atoms with van der Waals surface area (Å²) in [5, 5.41) is 10.7. The van der Waals surface area contributed by atoms with Crippen LogP contribution in [-0.4, -0.2) is 28.0 Å². The summed E-state index contributed by atoms with van der Waals surface area (Å²) in [6, 6.07) is 2.04. The highest BCUT2D eigenvalue weighted by atomic mass is 32.1. The van der Waals surface area contributed by atoms with Gasteiger partial charge in [0.05, 0.1) is 35.4 Å². The molecule has 0 spiro atoms. The van der Waals surface area contributed by atoms with Crippen molar-refractivity contribution < 1.29 is 13.5 Å². The van der Waals surface area contributed by atoms with Gasteiger partial charge in [-0.25, -0.2) is 18.7 Å². The fourth-order valence-electron chi connectivity index (χ4n) is 5.89. The van der Waals surface area contributed by atoms with E-state index in [0.717, 1.165) is 42.6 Å². The first-order valence-electron chi connectivity index (χ1n) is 18.3. The van der Waals surface area contributed by atoms with E-state index < -0.39 is 11.6 Å². The zero-order valence-electron chi connectivity index (χ0n) is 31.6. The van der Waals surface area contributed by atoms with Gasteiger partial charge in [0.15, 0.2) is 11.6 Å². The largest absolute Gasteiger partial charge is 0.389 e. The summed E-state index contributed by atoms with van der Waals surface area (Å²) in [6.07, 6.45) is 9.10. The average Bonchev–Trinajstić information content (AvgIpc) is 3.87. The molecule has 1 fully saturated rings. The fraction of sp³-hybridized carbons (Fsp3) is 0.590. The molecule has 2 aliphatic rings. The molecule has 4 aromatic rings. The molecule has 0 bridgehead atoms. The van der Waals surface area contributed by atoms with Gasteiger partial charge in [0.25, 0.3) is 0 Å². The monoisotopic (exact) mass is 696 g/mol. The molecule has 6 rings (SSSR count). The first kappa shape index (κ1) is 41.7. The number of halogens is 2. The minimum atomic E-state index is -0.602. The molecular weight excluding hydrogens is 639 g/mol. The minimum Gasteiger partial charge on any atom is -0.389 e. The Bertz CT molecular complexity index is 1680. The second-order valence-electron chi connectivity index (χ2n) is 12.1. The van der Waals surface area contributed by atoms with Crippen molar-refractivity contribution in [2.45, 2.75) is 121 Å². The highest BCUT2D eigenvalue weighted by molar-refractivity contribution is 7.23. The van der Waals surface area contributed by atoms with Gasteiger partial charge in [-0.1, -0.05) is 108 Å². The van der Waals surface area contributed by atoms with Crippen LogP contribution in [0.4, 0.5) is 19.7 Å². The van der Waals surface area contributed by atoms with Gasteiger partial charge in [0, 0.05) is 35.6 Å². The molecule has 0 saturated carbocycles. The maximum Gasteiger partial charge on any atom is 0.225 e. The van der Waals surface area contributed by atoms with E-state index in [1.54, 1.807) is 6.20 Å². The number of fused-ring (bicyclic) bond motifs is 4. The number of ether oxygens (including phenoxy) is 1. The van der Waals surface area contributed by atoms with Crippen molar-refractivity contribution >= 4 is 43.3 Å². The predicted molar refractivity (Wildman–Crippen MR) is 204 cm³/mol. The zero-order chi connectivity index (χ0) is 36.8. The molecule has 0 amide bonds. The molecule has 3 unspecified atom stereocenters. The van der Waals surface area contributed by atoms with Crippen LogP contribution in [0, 0.1) is 40.7 Å². The molecule has 49 heavy (non-hydrogen) atoms. The Morgan fingerprint density at radius 1 is 0.980 bits per heavy atom. The number of thiophene rings is 1. The quantitative estimate of drug-likeness (QED) is 0.214. The number of anilines is 2. The van der Waals surface area contributed by atoms with Crippen molar-refractivity contribution in [2.75, 3.05) is 23.7 Å². The van der Waals surface area contributed by atoms with Crippen LogP contribution in [0.3, 0.4) is 0 Å². The van der Waals surface area contributed by atoms with E-state index in [-0.39, 0.29) is 50.6 Å². The van der Waals surface area contributed by atoms with Gasteiger partial charge in [-0.3, -0.25) is 4.98 Å². The minimum absolute atomic E-state index is 0.0969. The van der Waals surface area contributed by atoms with Crippen molar-refractivity contribution in [3.63, 3.8) is 0 Å². The number of pyridine rings is 1. The van der Waals surface area contributed by atoms with Crippen LogP contribution in [0.25, 0.3) is 32.2 Å². The molecule has 2 N–H and O–H groups in total. The Kier molecular flexibility index (Phi) is 17.3. The summed E-state index contributed by atoms with van der Waals surface area (Å²) < 4.78 is 37.0. The molecule has 3 aromatic heterocycles. The summed E-state index contributed by atoms with van der Waals surface area (Å²) >= 11 is 0.959. The summed E-state index contributed by atoms with van der Waals surface area (Å²) in [7, 11) is 0. The summed E-state index contributed by atoms with van der Waals surface area (Å²) in [4.78, 5) is 15.7. The van der Waals surface area contributed by atoms with Gasteiger partial charge in [0.1, 0.15) is 16.6 Å². The van der Waals surface area contributed by atoms with Gasteiger partial charge in [-0.2, -0.15) is 5.26 Å². The lowest BCUT2D eigenvalue weighted by Crippen LogP contribution is -2.23. The number of hydrogen-bond donors (Lipinski definition) is 1.